The van der Waals surface area contributed by atoms with Crippen molar-refractivity contribution in [3.05, 3.63) is 35.9 Å². The summed E-state index contributed by atoms with van der Waals surface area (Å²) in [6.45, 7) is 6.93. The Morgan fingerprint density at radius 1 is 1.12 bits per heavy atom. The van der Waals surface area contributed by atoms with Crippen LogP contribution in [0, 0.1) is 5.92 Å². The van der Waals surface area contributed by atoms with Gasteiger partial charge in [-0.15, -0.1) is 14.8 Å². The van der Waals surface area contributed by atoms with E-state index in [9.17, 15) is 0 Å². The third kappa shape index (κ3) is 3.96. The van der Waals surface area contributed by atoms with E-state index in [0.717, 1.165) is 17.1 Å². The number of fused-ring (bicyclic) bond motifs is 1. The van der Waals surface area contributed by atoms with Gasteiger partial charge in [0.1, 0.15) is 5.82 Å². The zero-order valence-electron chi connectivity index (χ0n) is 14.8. The molecule has 0 unspecified atom stereocenters. The predicted octanol–water partition coefficient (Wildman–Crippen LogP) is 2.74. The summed E-state index contributed by atoms with van der Waals surface area (Å²) in [5.74, 6) is 2.61. The highest BCUT2D eigenvalue weighted by Gasteiger charge is 2.12. The average Bonchev–Trinajstić information content (AvgIpc) is 3.07. The molecular formula is C17H22N6O2. The van der Waals surface area contributed by atoms with Crippen molar-refractivity contribution < 1.29 is 9.47 Å². The fourth-order valence-corrected chi connectivity index (χ4v) is 2.36. The fraction of sp³-hybridized carbons (Fsp3) is 0.412. The first kappa shape index (κ1) is 16.9. The molecule has 0 bridgehead atoms. The van der Waals surface area contributed by atoms with Crippen molar-refractivity contribution in [2.45, 2.75) is 26.8 Å². The van der Waals surface area contributed by atoms with E-state index in [0.29, 0.717) is 24.0 Å². The number of tetrazole rings is 1. The normalized spacial score (nSPS) is 12.4. The van der Waals surface area contributed by atoms with Crippen LogP contribution in [0.1, 0.15) is 32.4 Å². The van der Waals surface area contributed by atoms with Crippen molar-refractivity contribution in [3.8, 4) is 11.5 Å². The maximum atomic E-state index is 5.80. The van der Waals surface area contributed by atoms with Gasteiger partial charge >= 0.3 is 0 Å². The van der Waals surface area contributed by atoms with Crippen molar-refractivity contribution in [3.63, 3.8) is 0 Å². The van der Waals surface area contributed by atoms with Crippen LogP contribution in [0.25, 0.3) is 5.65 Å². The van der Waals surface area contributed by atoms with Gasteiger partial charge in [-0.05, 0) is 53.1 Å². The van der Waals surface area contributed by atoms with E-state index >= 15 is 0 Å². The molecule has 0 saturated carbocycles. The molecule has 25 heavy (non-hydrogen) atoms. The molecule has 8 heteroatoms. The van der Waals surface area contributed by atoms with Crippen LogP contribution in [0.5, 0.6) is 11.5 Å². The maximum Gasteiger partial charge on any atom is 0.200 e. The van der Waals surface area contributed by atoms with Crippen molar-refractivity contribution in [1.29, 1.82) is 0 Å². The van der Waals surface area contributed by atoms with E-state index in [-0.39, 0.29) is 6.04 Å². The number of nitrogens with zero attached hydrogens (tertiary/aromatic N) is 5. The number of benzene rings is 1. The monoisotopic (exact) mass is 342 g/mol. The second-order valence-electron chi connectivity index (χ2n) is 6.23. The van der Waals surface area contributed by atoms with E-state index < -0.39 is 0 Å². The molecule has 1 atom stereocenters. The zero-order chi connectivity index (χ0) is 17.8. The highest BCUT2D eigenvalue weighted by molar-refractivity contribution is 5.47. The summed E-state index contributed by atoms with van der Waals surface area (Å²) in [5.41, 5.74) is 1.67. The van der Waals surface area contributed by atoms with Gasteiger partial charge < -0.3 is 14.8 Å². The predicted molar refractivity (Wildman–Crippen MR) is 93.9 cm³/mol. The summed E-state index contributed by atoms with van der Waals surface area (Å²) < 4.78 is 12.7. The van der Waals surface area contributed by atoms with E-state index in [1.54, 1.807) is 7.11 Å². The summed E-state index contributed by atoms with van der Waals surface area (Å²) in [5, 5.41) is 18.9. The summed E-state index contributed by atoms with van der Waals surface area (Å²) >= 11 is 0. The number of anilines is 1. The lowest BCUT2D eigenvalue weighted by atomic mass is 10.1. The van der Waals surface area contributed by atoms with Gasteiger partial charge in [0.2, 0.25) is 0 Å². The molecule has 8 nitrogen and oxygen atoms in total. The number of ether oxygens (including phenoxy) is 2. The molecule has 2 aromatic heterocycles. The Bertz CT molecular complexity index is 848. The zero-order valence-corrected chi connectivity index (χ0v) is 14.8. The largest absolute Gasteiger partial charge is 0.493 e. The first-order valence-electron chi connectivity index (χ1n) is 8.19. The molecular weight excluding hydrogens is 320 g/mol. The standard InChI is InChI=1S/C17H22N6O2/c1-11(2)10-25-14-6-5-13(9-15(14)24-4)12(3)18-16-7-8-17-19-21-22-23(17)20-16/h5-9,11-12H,10H2,1-4H3,(H,18,20)/t12-/m0/s1. The number of aromatic nitrogens is 5. The van der Waals surface area contributed by atoms with Crippen LogP contribution in [0.4, 0.5) is 5.82 Å². The molecule has 2 heterocycles. The topological polar surface area (TPSA) is 86.5 Å². The minimum absolute atomic E-state index is 0.0227. The molecule has 3 aromatic rings. The molecule has 132 valence electrons. The second-order valence-corrected chi connectivity index (χ2v) is 6.23. The molecule has 0 aliphatic heterocycles. The number of hydrogen-bond donors (Lipinski definition) is 1. The van der Waals surface area contributed by atoms with Crippen LogP contribution >= 0.6 is 0 Å². The third-order valence-corrected chi connectivity index (χ3v) is 3.69. The lowest BCUT2D eigenvalue weighted by molar-refractivity contribution is 0.256. The van der Waals surface area contributed by atoms with Gasteiger partial charge in [0, 0.05) is 0 Å². The van der Waals surface area contributed by atoms with Crippen molar-refractivity contribution in [2.75, 3.05) is 19.0 Å². The molecule has 3 rings (SSSR count). The molecule has 0 spiro atoms. The third-order valence-electron chi connectivity index (χ3n) is 3.69. The van der Waals surface area contributed by atoms with Gasteiger partial charge in [0.25, 0.3) is 0 Å². The first-order chi connectivity index (χ1) is 12.1. The minimum Gasteiger partial charge on any atom is -0.493 e. The maximum absolute atomic E-state index is 5.80. The Hall–Kier alpha value is -2.90. The van der Waals surface area contributed by atoms with Gasteiger partial charge in [-0.1, -0.05) is 19.9 Å². The SMILES string of the molecule is COc1cc([C@H](C)Nc2ccc3nnnn3n2)ccc1OCC(C)C. The molecule has 0 aliphatic carbocycles. The number of nitrogens with one attached hydrogen (secondary N) is 1. The van der Waals surface area contributed by atoms with Crippen LogP contribution < -0.4 is 14.8 Å². The molecule has 1 N–H and O–H groups in total. The van der Waals surface area contributed by atoms with Gasteiger partial charge in [0.15, 0.2) is 17.1 Å². The average molecular weight is 342 g/mol. The van der Waals surface area contributed by atoms with E-state index in [1.807, 2.05) is 30.3 Å². The minimum atomic E-state index is 0.0227. The molecule has 0 fully saturated rings. The number of hydrogen-bond acceptors (Lipinski definition) is 7. The Morgan fingerprint density at radius 2 is 1.96 bits per heavy atom. The van der Waals surface area contributed by atoms with E-state index in [4.69, 9.17) is 9.47 Å². The van der Waals surface area contributed by atoms with E-state index in [2.05, 4.69) is 46.7 Å². The molecule has 0 saturated heterocycles. The summed E-state index contributed by atoms with van der Waals surface area (Å²) in [4.78, 5) is 0. The second kappa shape index (κ2) is 7.33. The highest BCUT2D eigenvalue weighted by Crippen LogP contribution is 2.31. The summed E-state index contributed by atoms with van der Waals surface area (Å²) in [7, 11) is 1.65. The number of rotatable bonds is 7. The van der Waals surface area contributed by atoms with Crippen molar-refractivity contribution >= 4 is 11.5 Å². The van der Waals surface area contributed by atoms with Gasteiger partial charge in [0.05, 0.1) is 19.8 Å². The summed E-state index contributed by atoms with van der Waals surface area (Å²) in [6.07, 6.45) is 0. The number of methoxy groups -OCH3 is 1. The molecule has 1 aromatic carbocycles. The lowest BCUT2D eigenvalue weighted by Crippen LogP contribution is -2.10. The Kier molecular flexibility index (Phi) is 4.97. The fourth-order valence-electron chi connectivity index (χ4n) is 2.36. The van der Waals surface area contributed by atoms with Gasteiger partial charge in [-0.25, -0.2) is 0 Å². The van der Waals surface area contributed by atoms with Crippen LogP contribution in [0.15, 0.2) is 30.3 Å². The smallest absolute Gasteiger partial charge is 0.200 e. The highest BCUT2D eigenvalue weighted by atomic mass is 16.5. The van der Waals surface area contributed by atoms with Crippen LogP contribution in [0.2, 0.25) is 0 Å². The lowest BCUT2D eigenvalue weighted by Gasteiger charge is -2.18. The molecule has 0 aliphatic rings. The van der Waals surface area contributed by atoms with Crippen LogP contribution in [-0.2, 0) is 0 Å². The first-order valence-corrected chi connectivity index (χ1v) is 8.19. The Morgan fingerprint density at radius 3 is 2.72 bits per heavy atom. The van der Waals surface area contributed by atoms with Crippen molar-refractivity contribution in [2.24, 2.45) is 5.92 Å². The van der Waals surface area contributed by atoms with Crippen LogP contribution in [-0.4, -0.2) is 39.0 Å². The molecule has 0 radical (unpaired) electrons. The van der Waals surface area contributed by atoms with Gasteiger partial charge in [-0.3, -0.25) is 0 Å². The quantitative estimate of drug-likeness (QED) is 0.706. The van der Waals surface area contributed by atoms with Gasteiger partial charge in [-0.2, -0.15) is 0 Å². The Balaban J connectivity index is 1.75. The van der Waals surface area contributed by atoms with E-state index in [1.165, 1.54) is 4.63 Å². The van der Waals surface area contributed by atoms with Crippen molar-refractivity contribution in [1.82, 2.24) is 25.3 Å². The molecule has 0 amide bonds. The Labute approximate surface area is 146 Å². The summed E-state index contributed by atoms with van der Waals surface area (Å²) in [6, 6.07) is 9.61. The van der Waals surface area contributed by atoms with Crippen LogP contribution in [0.3, 0.4) is 0 Å².